The van der Waals surface area contributed by atoms with E-state index < -0.39 is 8.07 Å². The van der Waals surface area contributed by atoms with Gasteiger partial charge in [-0.05, 0) is 181 Å². The molecule has 6 aliphatic carbocycles. The van der Waals surface area contributed by atoms with Gasteiger partial charge in [-0.25, -0.2) is 0 Å². The molecule has 18 atom stereocenters. The third-order valence-electron chi connectivity index (χ3n) is 18.1. The van der Waals surface area contributed by atoms with Crippen LogP contribution < -0.4 is 0 Å². The topological polar surface area (TPSA) is 18.5 Å². The predicted octanol–water partition coefficient (Wildman–Crippen LogP) is 13.5. The van der Waals surface area contributed by atoms with Crippen LogP contribution in [0.2, 0.25) is 24.2 Å². The summed E-state index contributed by atoms with van der Waals surface area (Å²) in [5.41, 5.74) is 2.45. The predicted molar refractivity (Wildman–Crippen MR) is 222 cm³/mol. The maximum absolute atomic E-state index is 6.77. The van der Waals surface area contributed by atoms with Crippen molar-refractivity contribution in [2.24, 2.45) is 106 Å². The second-order valence-corrected chi connectivity index (χ2v) is 29.3. The van der Waals surface area contributed by atoms with Crippen LogP contribution in [0, 0.1) is 106 Å². The highest BCUT2D eigenvalue weighted by Gasteiger charge is 2.65. The number of hydrogen-bond acceptors (Lipinski definition) is 2. The summed E-state index contributed by atoms with van der Waals surface area (Å²) in [6.45, 7) is 37.0. The average Bonchev–Trinajstić information content (AvgIpc) is 3.52. The molecule has 0 aromatic heterocycles. The molecule has 6 aliphatic rings. The molecule has 0 radical (unpaired) electrons. The van der Waals surface area contributed by atoms with Gasteiger partial charge in [0.05, 0.1) is 20.3 Å². The summed E-state index contributed by atoms with van der Waals surface area (Å²) in [6.07, 6.45) is 15.2. The largest absolute Gasteiger partial charge is 0.381 e. The summed E-state index contributed by atoms with van der Waals surface area (Å²) in [5.74, 6) is 13.2. The molecule has 0 heterocycles. The van der Waals surface area contributed by atoms with Crippen molar-refractivity contribution in [3.63, 3.8) is 0 Å². The van der Waals surface area contributed by atoms with E-state index >= 15 is 0 Å². The monoisotopic (exact) mass is 725 g/mol. The SMILES string of the molecule is COC1C(C(C)(C)C)CC2C(CC(C)C2[Si](C)(C)C2C(C)CC3C2CC(C(C)(C)C)C(OC)[C@@H]3C2CC(C)CC(C)C2)[C@H]1C1CC(C)CC(C)C1. The Morgan fingerprint density at radius 3 is 1.02 bits per heavy atom. The van der Waals surface area contributed by atoms with Crippen molar-refractivity contribution in [1.29, 1.82) is 0 Å². The third-order valence-corrected chi connectivity index (χ3v) is 23.6. The van der Waals surface area contributed by atoms with Gasteiger partial charge in [0.15, 0.2) is 0 Å². The van der Waals surface area contributed by atoms with E-state index in [1.54, 1.807) is 0 Å². The van der Waals surface area contributed by atoms with E-state index in [-0.39, 0.29) is 10.8 Å². The van der Waals surface area contributed by atoms with Crippen LogP contribution in [0.15, 0.2) is 0 Å². The summed E-state index contributed by atoms with van der Waals surface area (Å²) in [7, 11) is 2.47. The number of rotatable bonds is 6. The fraction of sp³-hybridized carbons (Fsp3) is 1.00. The lowest BCUT2D eigenvalue weighted by molar-refractivity contribution is -0.122. The Morgan fingerprint density at radius 2 is 0.745 bits per heavy atom. The Hall–Kier alpha value is 0.137. The Labute approximate surface area is 319 Å². The van der Waals surface area contributed by atoms with Gasteiger partial charge in [-0.2, -0.15) is 0 Å². The van der Waals surface area contributed by atoms with E-state index in [4.69, 9.17) is 9.47 Å². The van der Waals surface area contributed by atoms with Crippen molar-refractivity contribution in [2.75, 3.05) is 14.2 Å². The summed E-state index contributed by atoms with van der Waals surface area (Å²) in [5, 5.41) is 0. The molecule has 0 saturated heterocycles. The molecule has 0 N–H and O–H groups in total. The van der Waals surface area contributed by atoms with Gasteiger partial charge in [0.1, 0.15) is 0 Å². The molecule has 0 aromatic rings. The first kappa shape index (κ1) is 40.8. The van der Waals surface area contributed by atoms with E-state index in [0.717, 1.165) is 93.9 Å². The second kappa shape index (κ2) is 14.9. The van der Waals surface area contributed by atoms with E-state index in [1.807, 2.05) is 0 Å². The molecule has 6 rings (SSSR count). The first-order valence-electron chi connectivity index (χ1n) is 22.7. The zero-order valence-corrected chi connectivity index (χ0v) is 37.9. The van der Waals surface area contributed by atoms with Crippen LogP contribution in [0.5, 0.6) is 0 Å². The van der Waals surface area contributed by atoms with E-state index in [1.165, 1.54) is 64.2 Å². The standard InChI is InChI=1S/C48H88O2Si/c1-27-17-28(2)20-33(19-27)41-35-23-31(5)45(37(35)25-39(43(41)49-13)47(7,8)9)51(15,16)46-32(6)24-36-38(46)26-40(48(10,11)12)44(50-14)42(36)34-21-29(3)18-30(4)22-34/h27-46H,17-26H2,1-16H3/t27?,28?,29?,30?,31?,32?,33?,34?,35?,36?,37?,38?,39?,40?,41-,42-,43?,44?,45?,46?/m1/s1. The summed E-state index contributed by atoms with van der Waals surface area (Å²) < 4.78 is 13.5. The maximum atomic E-state index is 6.77. The molecule has 0 spiro atoms. The van der Waals surface area contributed by atoms with Crippen molar-refractivity contribution < 1.29 is 9.47 Å². The molecule has 0 aliphatic heterocycles. The van der Waals surface area contributed by atoms with Crippen LogP contribution in [0.1, 0.15) is 147 Å². The van der Waals surface area contributed by atoms with E-state index in [9.17, 15) is 0 Å². The van der Waals surface area contributed by atoms with Crippen molar-refractivity contribution in [3.8, 4) is 0 Å². The van der Waals surface area contributed by atoms with E-state index in [0.29, 0.717) is 24.0 Å². The zero-order valence-electron chi connectivity index (χ0n) is 36.9. The van der Waals surface area contributed by atoms with Crippen molar-refractivity contribution in [2.45, 2.75) is 184 Å². The Morgan fingerprint density at radius 1 is 0.431 bits per heavy atom. The molecule has 16 unspecified atom stereocenters. The lowest BCUT2D eigenvalue weighted by atomic mass is 9.55. The second-order valence-electron chi connectivity index (χ2n) is 24.3. The van der Waals surface area contributed by atoms with E-state index in [2.05, 4.69) is 110 Å². The quantitative estimate of drug-likeness (QED) is 0.254. The summed E-state index contributed by atoms with van der Waals surface area (Å²) >= 11 is 0. The molecular formula is C48H88O2Si. The van der Waals surface area contributed by atoms with Gasteiger partial charge in [-0.3, -0.25) is 0 Å². The Balaban J connectivity index is 1.38. The molecule has 0 aromatic carbocycles. The van der Waals surface area contributed by atoms with Crippen LogP contribution >= 0.6 is 0 Å². The number of ether oxygens (including phenoxy) is 2. The number of fused-ring (bicyclic) bond motifs is 2. The maximum Gasteiger partial charge on any atom is 0.0638 e. The molecule has 51 heavy (non-hydrogen) atoms. The van der Waals surface area contributed by atoms with Crippen molar-refractivity contribution >= 4 is 8.07 Å². The molecule has 0 amide bonds. The van der Waals surface area contributed by atoms with Crippen LogP contribution in [0.3, 0.4) is 0 Å². The lowest BCUT2D eigenvalue weighted by Gasteiger charge is -2.57. The molecule has 6 fully saturated rings. The number of hydrogen-bond donors (Lipinski definition) is 0. The first-order valence-corrected chi connectivity index (χ1v) is 25.9. The fourth-order valence-corrected chi connectivity index (χ4v) is 23.9. The molecule has 3 heteroatoms. The van der Waals surface area contributed by atoms with Gasteiger partial charge < -0.3 is 9.47 Å². The minimum atomic E-state index is -1.72. The van der Waals surface area contributed by atoms with Gasteiger partial charge in [0, 0.05) is 14.2 Å². The van der Waals surface area contributed by atoms with Gasteiger partial charge in [-0.1, -0.05) is 96.2 Å². The molecule has 296 valence electrons. The van der Waals surface area contributed by atoms with Crippen LogP contribution in [0.25, 0.3) is 0 Å². The average molecular weight is 725 g/mol. The highest BCUT2D eigenvalue weighted by Crippen LogP contribution is 2.70. The summed E-state index contributed by atoms with van der Waals surface area (Å²) in [6, 6.07) is 0. The Kier molecular flexibility index (Phi) is 11.9. The minimum Gasteiger partial charge on any atom is -0.381 e. The Bertz CT molecular complexity index is 1060. The van der Waals surface area contributed by atoms with Crippen LogP contribution in [0.4, 0.5) is 0 Å². The fourth-order valence-electron chi connectivity index (χ4n) is 17.3. The third kappa shape index (κ3) is 7.54. The smallest absolute Gasteiger partial charge is 0.0638 e. The first-order chi connectivity index (χ1) is 23.7. The number of methoxy groups -OCH3 is 2. The van der Waals surface area contributed by atoms with Gasteiger partial charge in [0.25, 0.3) is 0 Å². The molecule has 2 nitrogen and oxygen atoms in total. The zero-order chi connectivity index (χ0) is 37.5. The highest BCUT2D eigenvalue weighted by molar-refractivity contribution is 6.80. The normalized spacial score (nSPS) is 51.3. The van der Waals surface area contributed by atoms with Crippen molar-refractivity contribution in [1.82, 2.24) is 0 Å². The van der Waals surface area contributed by atoms with Crippen LogP contribution in [-0.2, 0) is 9.47 Å². The highest BCUT2D eigenvalue weighted by atomic mass is 28.3. The molecule has 6 saturated carbocycles. The van der Waals surface area contributed by atoms with Gasteiger partial charge in [-0.15, -0.1) is 0 Å². The van der Waals surface area contributed by atoms with Gasteiger partial charge >= 0.3 is 0 Å². The molecule has 0 bridgehead atoms. The van der Waals surface area contributed by atoms with Crippen LogP contribution in [-0.4, -0.2) is 34.5 Å². The molecular weight excluding hydrogens is 637 g/mol. The summed E-state index contributed by atoms with van der Waals surface area (Å²) in [4.78, 5) is 0. The minimum absolute atomic E-state index is 0.281. The lowest BCUT2D eigenvalue weighted by Crippen LogP contribution is -2.55. The van der Waals surface area contributed by atoms with Crippen molar-refractivity contribution in [3.05, 3.63) is 0 Å². The van der Waals surface area contributed by atoms with Gasteiger partial charge in [0.2, 0.25) is 0 Å².